The van der Waals surface area contributed by atoms with Crippen molar-refractivity contribution >= 4 is 27.5 Å². The van der Waals surface area contributed by atoms with E-state index >= 15 is 0 Å². The van der Waals surface area contributed by atoms with Gasteiger partial charge < -0.3 is 28.3 Å². The first-order chi connectivity index (χ1) is 14.6. The monoisotopic (exact) mass is 432 g/mol. The molecule has 0 spiro atoms. The van der Waals surface area contributed by atoms with Crippen LogP contribution in [0.25, 0.3) is 10.2 Å². The molecular weight excluding hydrogens is 408 g/mol. The van der Waals surface area contributed by atoms with E-state index in [1.165, 1.54) is 18.4 Å². The Morgan fingerprint density at radius 1 is 0.933 bits per heavy atom. The topological polar surface area (TPSA) is 80.5 Å². The number of amides is 1. The van der Waals surface area contributed by atoms with Gasteiger partial charge in [0.15, 0.2) is 16.3 Å². The maximum atomic E-state index is 13.0. The predicted molar refractivity (Wildman–Crippen MR) is 114 cm³/mol. The Morgan fingerprint density at radius 3 is 2.27 bits per heavy atom. The third-order valence-electron chi connectivity index (χ3n) is 4.54. The molecule has 0 bridgehead atoms. The highest BCUT2D eigenvalue weighted by Crippen LogP contribution is 2.33. The van der Waals surface area contributed by atoms with Crippen LogP contribution in [0.1, 0.15) is 10.4 Å². The highest BCUT2D eigenvalue weighted by atomic mass is 32.1. The molecule has 2 aromatic carbocycles. The minimum Gasteiger partial charge on any atom is -0.497 e. The summed E-state index contributed by atoms with van der Waals surface area (Å²) in [6, 6.07) is 8.74. The Balaban J connectivity index is 2.16. The summed E-state index contributed by atoms with van der Waals surface area (Å²) in [5.74, 6) is 1.80. The number of hydrogen-bond donors (Lipinski definition) is 0. The van der Waals surface area contributed by atoms with Gasteiger partial charge in [-0.15, -0.1) is 0 Å². The van der Waals surface area contributed by atoms with Crippen LogP contribution in [0.4, 0.5) is 0 Å². The first-order valence-corrected chi connectivity index (χ1v) is 9.93. The van der Waals surface area contributed by atoms with Crippen LogP contribution in [0.15, 0.2) is 35.3 Å². The summed E-state index contributed by atoms with van der Waals surface area (Å²) < 4.78 is 29.4. The zero-order valence-electron chi connectivity index (χ0n) is 17.6. The second-order valence-corrected chi connectivity index (χ2v) is 7.20. The smallest absolute Gasteiger partial charge is 0.283 e. The Morgan fingerprint density at radius 2 is 1.63 bits per heavy atom. The summed E-state index contributed by atoms with van der Waals surface area (Å²) in [4.78, 5) is 17.9. The zero-order valence-corrected chi connectivity index (χ0v) is 18.4. The summed E-state index contributed by atoms with van der Waals surface area (Å²) in [6.45, 7) is 0.991. The van der Waals surface area contributed by atoms with Crippen LogP contribution < -0.4 is 23.7 Å². The number of carbonyl (C=O) groups excluding carboxylic acids is 1. The van der Waals surface area contributed by atoms with Gasteiger partial charge in [0.1, 0.15) is 11.5 Å². The molecule has 0 saturated heterocycles. The molecule has 30 heavy (non-hydrogen) atoms. The number of rotatable bonds is 8. The van der Waals surface area contributed by atoms with Crippen molar-refractivity contribution in [1.29, 1.82) is 0 Å². The minimum absolute atomic E-state index is 0.351. The molecule has 0 aliphatic heterocycles. The molecule has 0 unspecified atom stereocenters. The van der Waals surface area contributed by atoms with E-state index in [1.54, 1.807) is 46.6 Å². The van der Waals surface area contributed by atoms with E-state index in [9.17, 15) is 4.79 Å². The molecule has 0 atom stereocenters. The van der Waals surface area contributed by atoms with Gasteiger partial charge in [-0.3, -0.25) is 4.79 Å². The van der Waals surface area contributed by atoms with E-state index in [1.807, 2.05) is 16.7 Å². The molecule has 1 heterocycles. The minimum atomic E-state index is -0.411. The molecule has 0 N–H and O–H groups in total. The summed E-state index contributed by atoms with van der Waals surface area (Å²) in [7, 11) is 7.85. The van der Waals surface area contributed by atoms with E-state index in [0.717, 1.165) is 10.2 Å². The Hall–Kier alpha value is -3.04. The third-order valence-corrected chi connectivity index (χ3v) is 5.58. The van der Waals surface area contributed by atoms with E-state index in [4.69, 9.17) is 23.7 Å². The highest BCUT2D eigenvalue weighted by molar-refractivity contribution is 7.16. The van der Waals surface area contributed by atoms with Crippen molar-refractivity contribution in [3.63, 3.8) is 0 Å². The van der Waals surface area contributed by atoms with Crippen molar-refractivity contribution in [1.82, 2.24) is 4.57 Å². The van der Waals surface area contributed by atoms with Crippen molar-refractivity contribution in [2.75, 3.05) is 42.2 Å². The molecule has 0 aliphatic carbocycles. The standard InChI is InChI=1S/C21H24N2O6S/c1-25-9-8-23-15-11-17(28-4)18(29-5)12-19(15)30-21(23)22-20(24)14-7-6-13(26-2)10-16(14)27-3/h6-7,10-12H,8-9H2,1-5H3. The van der Waals surface area contributed by atoms with Gasteiger partial charge in [-0.2, -0.15) is 4.99 Å². The summed E-state index contributed by atoms with van der Waals surface area (Å²) in [5.41, 5.74) is 1.23. The van der Waals surface area contributed by atoms with Gasteiger partial charge >= 0.3 is 0 Å². The number of fused-ring (bicyclic) bond motifs is 1. The maximum absolute atomic E-state index is 13.0. The zero-order chi connectivity index (χ0) is 21.7. The molecule has 160 valence electrons. The molecule has 3 rings (SSSR count). The van der Waals surface area contributed by atoms with Gasteiger partial charge in [0.2, 0.25) is 0 Å². The lowest BCUT2D eigenvalue weighted by Crippen LogP contribution is -2.19. The predicted octanol–water partition coefficient (Wildman–Crippen LogP) is 3.12. The van der Waals surface area contributed by atoms with Crippen molar-refractivity contribution < 1.29 is 28.5 Å². The number of ether oxygens (including phenoxy) is 5. The van der Waals surface area contributed by atoms with Crippen molar-refractivity contribution in [3.05, 3.63) is 40.7 Å². The molecule has 9 heteroatoms. The second-order valence-electron chi connectivity index (χ2n) is 6.19. The van der Waals surface area contributed by atoms with Crippen molar-refractivity contribution in [2.45, 2.75) is 6.54 Å². The van der Waals surface area contributed by atoms with Crippen LogP contribution in [-0.4, -0.2) is 52.6 Å². The van der Waals surface area contributed by atoms with E-state index < -0.39 is 5.91 Å². The fraction of sp³-hybridized carbons (Fsp3) is 0.333. The average molecular weight is 432 g/mol. The van der Waals surface area contributed by atoms with Gasteiger partial charge in [-0.1, -0.05) is 11.3 Å². The van der Waals surface area contributed by atoms with Gasteiger partial charge in [0.25, 0.3) is 5.91 Å². The van der Waals surface area contributed by atoms with Gasteiger partial charge in [0.05, 0.1) is 50.8 Å². The Kier molecular flexibility index (Phi) is 6.96. The van der Waals surface area contributed by atoms with Crippen molar-refractivity contribution in [2.24, 2.45) is 4.99 Å². The lowest BCUT2D eigenvalue weighted by Gasteiger charge is -2.09. The lowest BCUT2D eigenvalue weighted by molar-refractivity contribution is 0.0994. The van der Waals surface area contributed by atoms with E-state index in [0.29, 0.717) is 46.5 Å². The van der Waals surface area contributed by atoms with Gasteiger partial charge in [-0.25, -0.2) is 0 Å². The fourth-order valence-corrected chi connectivity index (χ4v) is 4.07. The van der Waals surface area contributed by atoms with Gasteiger partial charge in [-0.05, 0) is 12.1 Å². The SMILES string of the molecule is COCCn1c(=NC(=O)c2ccc(OC)cc2OC)sc2cc(OC)c(OC)cc21. The molecular formula is C21H24N2O6S. The van der Waals surface area contributed by atoms with Gasteiger partial charge in [0, 0.05) is 31.9 Å². The summed E-state index contributed by atoms with van der Waals surface area (Å²) in [5, 5.41) is 0. The summed E-state index contributed by atoms with van der Waals surface area (Å²) >= 11 is 1.39. The van der Waals surface area contributed by atoms with Crippen LogP contribution in [0.3, 0.4) is 0 Å². The molecule has 0 saturated carbocycles. The lowest BCUT2D eigenvalue weighted by atomic mass is 10.2. The Labute approximate surface area is 178 Å². The van der Waals surface area contributed by atoms with Crippen LogP contribution in [-0.2, 0) is 11.3 Å². The average Bonchev–Trinajstić information content (AvgIpc) is 3.11. The fourth-order valence-electron chi connectivity index (χ4n) is 3.00. The quantitative estimate of drug-likeness (QED) is 0.544. The van der Waals surface area contributed by atoms with Crippen LogP contribution >= 0.6 is 11.3 Å². The number of benzene rings is 2. The number of carbonyl (C=O) groups is 1. The molecule has 3 aromatic rings. The first kappa shape index (κ1) is 21.7. The second kappa shape index (κ2) is 9.64. The molecule has 0 fully saturated rings. The first-order valence-electron chi connectivity index (χ1n) is 9.11. The largest absolute Gasteiger partial charge is 0.497 e. The maximum Gasteiger partial charge on any atom is 0.283 e. The number of hydrogen-bond acceptors (Lipinski definition) is 7. The number of nitrogens with zero attached hydrogens (tertiary/aromatic N) is 2. The van der Waals surface area contributed by atoms with Crippen LogP contribution in [0.5, 0.6) is 23.0 Å². The van der Waals surface area contributed by atoms with E-state index in [-0.39, 0.29) is 0 Å². The number of aromatic nitrogens is 1. The highest BCUT2D eigenvalue weighted by Gasteiger charge is 2.16. The summed E-state index contributed by atoms with van der Waals surface area (Å²) in [6.07, 6.45) is 0. The third kappa shape index (κ3) is 4.27. The molecule has 1 amide bonds. The molecule has 0 aliphatic rings. The van der Waals surface area contributed by atoms with Crippen LogP contribution in [0.2, 0.25) is 0 Å². The Bertz CT molecular complexity index is 1120. The number of thiazole rings is 1. The van der Waals surface area contributed by atoms with Crippen molar-refractivity contribution in [3.8, 4) is 23.0 Å². The normalized spacial score (nSPS) is 11.6. The molecule has 8 nitrogen and oxygen atoms in total. The number of methoxy groups -OCH3 is 5. The van der Waals surface area contributed by atoms with Crippen LogP contribution in [0, 0.1) is 0 Å². The van der Waals surface area contributed by atoms with E-state index in [2.05, 4.69) is 4.99 Å². The molecule has 0 radical (unpaired) electrons. The molecule has 1 aromatic heterocycles.